The highest BCUT2D eigenvalue weighted by Gasteiger charge is 2.42. The zero-order chi connectivity index (χ0) is 21.9. The lowest BCUT2D eigenvalue weighted by molar-refractivity contribution is -0.384. The van der Waals surface area contributed by atoms with Crippen molar-refractivity contribution in [2.75, 3.05) is 4.90 Å². The van der Waals surface area contributed by atoms with Crippen LogP contribution in [0.25, 0.3) is 16.7 Å². The van der Waals surface area contributed by atoms with Crippen molar-refractivity contribution in [3.63, 3.8) is 0 Å². The molecule has 0 radical (unpaired) electrons. The average Bonchev–Trinajstić information content (AvgIpc) is 3.22. The molecular weight excluding hydrogens is 398 g/mol. The maximum atomic E-state index is 13.4. The van der Waals surface area contributed by atoms with E-state index in [2.05, 4.69) is 10.1 Å². The number of benzene rings is 2. The lowest BCUT2D eigenvalue weighted by Crippen LogP contribution is -2.30. The quantitative estimate of drug-likeness (QED) is 0.287. The third-order valence-corrected chi connectivity index (χ3v) is 5.38. The van der Waals surface area contributed by atoms with Gasteiger partial charge in [-0.2, -0.15) is 5.10 Å². The smallest absolute Gasteiger partial charge is 0.268 e. The van der Waals surface area contributed by atoms with Gasteiger partial charge in [0.1, 0.15) is 5.69 Å². The Bertz CT molecular complexity index is 1440. The number of nitro benzene ring substituents is 1. The minimum absolute atomic E-state index is 0.0733. The van der Waals surface area contributed by atoms with Crippen molar-refractivity contribution in [2.45, 2.75) is 13.8 Å². The number of carbonyl (C=O) groups excluding carboxylic acids is 2. The third kappa shape index (κ3) is 2.56. The van der Waals surface area contributed by atoms with E-state index in [-0.39, 0.29) is 22.5 Å². The second kappa shape index (κ2) is 6.56. The van der Waals surface area contributed by atoms with Crippen molar-refractivity contribution in [3.8, 4) is 5.69 Å². The van der Waals surface area contributed by atoms with Gasteiger partial charge < -0.3 is 0 Å². The molecule has 0 bridgehead atoms. The molecule has 0 atom stereocenters. The van der Waals surface area contributed by atoms with Crippen LogP contribution >= 0.6 is 0 Å². The third-order valence-electron chi connectivity index (χ3n) is 5.38. The van der Waals surface area contributed by atoms with Crippen molar-refractivity contribution < 1.29 is 14.5 Å². The molecular formula is C22H15N5O4. The van der Waals surface area contributed by atoms with E-state index in [4.69, 9.17) is 0 Å². The molecule has 9 nitrogen and oxygen atoms in total. The van der Waals surface area contributed by atoms with Crippen LogP contribution in [-0.4, -0.2) is 31.5 Å². The van der Waals surface area contributed by atoms with Gasteiger partial charge in [-0.15, -0.1) is 0 Å². The number of aryl methyl sites for hydroxylation is 2. The minimum atomic E-state index is -0.647. The molecule has 0 aliphatic carbocycles. The Balaban J connectivity index is 1.74. The standard InChI is InChI=1S/C22H15N5O4/c1-12-7-3-4-8-15(12)26-20-18(13(2)24-26)19-14(11-23-20)21(28)25(22(19)29)16-9-5-6-10-17(16)27(30)31/h3-11H,1-2H3. The van der Waals surface area contributed by atoms with Crippen LogP contribution in [0.5, 0.6) is 0 Å². The number of hydrogen-bond acceptors (Lipinski definition) is 6. The molecule has 0 N–H and O–H groups in total. The summed E-state index contributed by atoms with van der Waals surface area (Å²) in [6.45, 7) is 3.68. The van der Waals surface area contributed by atoms with E-state index in [1.54, 1.807) is 17.7 Å². The number of fused-ring (bicyclic) bond motifs is 3. The highest BCUT2D eigenvalue weighted by Crippen LogP contribution is 2.37. The van der Waals surface area contributed by atoms with E-state index < -0.39 is 16.7 Å². The Morgan fingerprint density at radius 3 is 2.32 bits per heavy atom. The fourth-order valence-corrected chi connectivity index (χ4v) is 3.96. The Kier molecular flexibility index (Phi) is 3.94. The summed E-state index contributed by atoms with van der Waals surface area (Å²) in [6.07, 6.45) is 1.34. The SMILES string of the molecule is Cc1ccccc1-n1nc(C)c2c3c(cnc21)C(=O)N(c1ccccc1[N+](=O)[O-])C3=O. The number of carbonyl (C=O) groups is 2. The molecule has 0 spiro atoms. The predicted octanol–water partition coefficient (Wildman–Crippen LogP) is 3.75. The van der Waals surface area contributed by atoms with Crippen LogP contribution in [0.2, 0.25) is 0 Å². The Labute approximate surface area is 175 Å². The van der Waals surface area contributed by atoms with Crippen molar-refractivity contribution in [1.29, 1.82) is 0 Å². The fraction of sp³-hybridized carbons (Fsp3) is 0.0909. The normalized spacial score (nSPS) is 13.2. The number of nitro groups is 1. The maximum Gasteiger partial charge on any atom is 0.293 e. The van der Waals surface area contributed by atoms with Gasteiger partial charge in [-0.05, 0) is 31.5 Å². The molecule has 0 saturated heterocycles. The molecule has 5 rings (SSSR count). The summed E-state index contributed by atoms with van der Waals surface area (Å²) in [7, 11) is 0. The number of imide groups is 1. The molecule has 2 aromatic heterocycles. The number of amides is 2. The van der Waals surface area contributed by atoms with Gasteiger partial charge in [-0.3, -0.25) is 19.7 Å². The van der Waals surface area contributed by atoms with Crippen LogP contribution in [0.4, 0.5) is 11.4 Å². The molecule has 31 heavy (non-hydrogen) atoms. The van der Waals surface area contributed by atoms with Gasteiger partial charge in [0.05, 0.1) is 32.8 Å². The van der Waals surface area contributed by atoms with E-state index >= 15 is 0 Å². The van der Waals surface area contributed by atoms with Crippen molar-refractivity contribution in [3.05, 3.63) is 87.2 Å². The fourth-order valence-electron chi connectivity index (χ4n) is 3.96. The first-order valence-corrected chi connectivity index (χ1v) is 9.46. The topological polar surface area (TPSA) is 111 Å². The number of pyridine rings is 1. The molecule has 9 heteroatoms. The molecule has 2 aromatic carbocycles. The summed E-state index contributed by atoms with van der Waals surface area (Å²) in [6, 6.07) is 13.3. The first-order valence-electron chi connectivity index (χ1n) is 9.46. The summed E-state index contributed by atoms with van der Waals surface area (Å²) in [4.78, 5) is 42.6. The highest BCUT2D eigenvalue weighted by molar-refractivity contribution is 6.38. The lowest BCUT2D eigenvalue weighted by Gasteiger charge is -2.13. The van der Waals surface area contributed by atoms with Gasteiger partial charge in [0, 0.05) is 12.3 Å². The van der Waals surface area contributed by atoms with Crippen LogP contribution < -0.4 is 4.90 Å². The summed E-state index contributed by atoms with van der Waals surface area (Å²) < 4.78 is 1.64. The molecule has 4 aromatic rings. The molecule has 2 amide bonds. The Morgan fingerprint density at radius 1 is 0.935 bits per heavy atom. The summed E-state index contributed by atoms with van der Waals surface area (Å²) >= 11 is 0. The van der Waals surface area contributed by atoms with Crippen LogP contribution in [0, 0.1) is 24.0 Å². The first-order chi connectivity index (χ1) is 14.9. The highest BCUT2D eigenvalue weighted by atomic mass is 16.6. The number of hydrogen-bond donors (Lipinski definition) is 0. The summed E-state index contributed by atoms with van der Waals surface area (Å²) in [5.41, 5.74) is 2.61. The van der Waals surface area contributed by atoms with E-state index in [0.29, 0.717) is 16.7 Å². The second-order valence-corrected chi connectivity index (χ2v) is 7.22. The molecule has 1 aliphatic heterocycles. The van der Waals surface area contributed by atoms with Gasteiger partial charge in [0.15, 0.2) is 5.65 Å². The van der Waals surface area contributed by atoms with Gasteiger partial charge >= 0.3 is 0 Å². The molecule has 0 fully saturated rings. The first kappa shape index (κ1) is 18.6. The van der Waals surface area contributed by atoms with Crippen LogP contribution in [0.15, 0.2) is 54.7 Å². The van der Waals surface area contributed by atoms with E-state index in [0.717, 1.165) is 16.2 Å². The second-order valence-electron chi connectivity index (χ2n) is 7.22. The van der Waals surface area contributed by atoms with E-state index in [1.165, 1.54) is 24.4 Å². The van der Waals surface area contributed by atoms with Gasteiger partial charge in [0.25, 0.3) is 17.5 Å². The number of nitrogens with zero attached hydrogens (tertiary/aromatic N) is 5. The largest absolute Gasteiger partial charge is 0.293 e. The lowest BCUT2D eigenvalue weighted by atomic mass is 10.1. The number of para-hydroxylation sites is 3. The van der Waals surface area contributed by atoms with Crippen LogP contribution in [-0.2, 0) is 0 Å². The molecule has 0 saturated carbocycles. The van der Waals surface area contributed by atoms with Crippen molar-refractivity contribution in [2.24, 2.45) is 0 Å². The van der Waals surface area contributed by atoms with Crippen LogP contribution in [0.1, 0.15) is 32.0 Å². The maximum absolute atomic E-state index is 13.4. The molecule has 3 heterocycles. The average molecular weight is 413 g/mol. The van der Waals surface area contributed by atoms with E-state index in [9.17, 15) is 19.7 Å². The number of rotatable bonds is 3. The van der Waals surface area contributed by atoms with Crippen LogP contribution in [0.3, 0.4) is 0 Å². The van der Waals surface area contributed by atoms with Gasteiger partial charge in [-0.25, -0.2) is 14.6 Å². The minimum Gasteiger partial charge on any atom is -0.268 e. The number of anilines is 1. The van der Waals surface area contributed by atoms with Gasteiger partial charge in [0.2, 0.25) is 0 Å². The number of aromatic nitrogens is 3. The Morgan fingerprint density at radius 2 is 1.61 bits per heavy atom. The molecule has 152 valence electrons. The summed E-state index contributed by atoms with van der Waals surface area (Å²) in [5, 5.41) is 16.5. The Hall–Kier alpha value is -4.40. The zero-order valence-corrected chi connectivity index (χ0v) is 16.6. The summed E-state index contributed by atoms with van der Waals surface area (Å²) in [5.74, 6) is -1.28. The van der Waals surface area contributed by atoms with Crippen molar-refractivity contribution >= 4 is 34.2 Å². The van der Waals surface area contributed by atoms with Crippen molar-refractivity contribution in [1.82, 2.24) is 14.8 Å². The van der Waals surface area contributed by atoms with E-state index in [1.807, 2.05) is 31.2 Å². The van der Waals surface area contributed by atoms with Gasteiger partial charge in [-0.1, -0.05) is 30.3 Å². The predicted molar refractivity (Wildman–Crippen MR) is 113 cm³/mol. The molecule has 1 aliphatic rings. The monoisotopic (exact) mass is 413 g/mol. The molecule has 0 unspecified atom stereocenters. The zero-order valence-electron chi connectivity index (χ0n) is 16.6.